The second-order valence-corrected chi connectivity index (χ2v) is 8.76. The van der Waals surface area contributed by atoms with Crippen molar-refractivity contribution in [1.82, 2.24) is 4.57 Å². The number of amides is 1. The number of carbonyl (C=O) groups excluding carboxylic acids is 1. The summed E-state index contributed by atoms with van der Waals surface area (Å²) in [5.74, 6) is 0.140. The molecule has 1 aliphatic rings. The van der Waals surface area contributed by atoms with Crippen molar-refractivity contribution in [3.05, 3.63) is 87.2 Å². The van der Waals surface area contributed by atoms with Crippen LogP contribution in [0.3, 0.4) is 0 Å². The smallest absolute Gasteiger partial charge is 0.261 e. The lowest BCUT2D eigenvalue weighted by molar-refractivity contribution is 0.102. The Bertz CT molecular complexity index is 1130. The van der Waals surface area contributed by atoms with Gasteiger partial charge in [-0.1, -0.05) is 61.2 Å². The first-order valence-electron chi connectivity index (χ1n) is 10.9. The molecule has 160 valence electrons. The second-order valence-electron chi connectivity index (χ2n) is 8.32. The molecule has 1 saturated carbocycles. The van der Waals surface area contributed by atoms with Crippen molar-refractivity contribution in [2.45, 2.75) is 45.6 Å². The molecule has 1 heterocycles. The first-order chi connectivity index (χ1) is 15.0. The maximum atomic E-state index is 13.3. The van der Waals surface area contributed by atoms with E-state index in [0.717, 1.165) is 17.8 Å². The van der Waals surface area contributed by atoms with E-state index in [1.165, 1.54) is 32.1 Å². The maximum Gasteiger partial charge on any atom is 0.261 e. The molecule has 4 rings (SSSR count). The van der Waals surface area contributed by atoms with Gasteiger partial charge < -0.3 is 9.88 Å². The molecule has 1 amide bonds. The van der Waals surface area contributed by atoms with Gasteiger partial charge in [0.1, 0.15) is 5.56 Å². The fourth-order valence-corrected chi connectivity index (χ4v) is 4.69. The highest BCUT2D eigenvalue weighted by molar-refractivity contribution is 6.30. The van der Waals surface area contributed by atoms with E-state index in [4.69, 9.17) is 11.6 Å². The Hall–Kier alpha value is -2.85. The summed E-state index contributed by atoms with van der Waals surface area (Å²) in [5, 5.41) is 3.46. The quantitative estimate of drug-likeness (QED) is 0.511. The minimum atomic E-state index is -0.399. The highest BCUT2D eigenvalue weighted by atomic mass is 35.5. The molecule has 1 aliphatic carbocycles. The highest BCUT2D eigenvalue weighted by Crippen LogP contribution is 2.31. The molecule has 0 bridgehead atoms. The van der Waals surface area contributed by atoms with Gasteiger partial charge in [0.25, 0.3) is 5.91 Å². The number of hydrogen-bond donors (Lipinski definition) is 1. The first kappa shape index (κ1) is 21.4. The zero-order valence-electron chi connectivity index (χ0n) is 17.7. The zero-order valence-corrected chi connectivity index (χ0v) is 18.5. The minimum absolute atomic E-state index is 0.160. The summed E-state index contributed by atoms with van der Waals surface area (Å²) in [7, 11) is 0. The molecule has 0 aliphatic heterocycles. The van der Waals surface area contributed by atoms with Crippen LogP contribution in [0.15, 0.2) is 65.5 Å². The summed E-state index contributed by atoms with van der Waals surface area (Å²) in [5.41, 5.74) is 2.83. The number of nitrogens with zero attached hydrogens (tertiary/aromatic N) is 1. The van der Waals surface area contributed by atoms with E-state index in [0.29, 0.717) is 22.3 Å². The van der Waals surface area contributed by atoms with Crippen molar-refractivity contribution in [1.29, 1.82) is 0 Å². The van der Waals surface area contributed by atoms with Crippen molar-refractivity contribution >= 4 is 23.2 Å². The normalized spacial score (nSPS) is 14.4. The van der Waals surface area contributed by atoms with Gasteiger partial charge in [0.2, 0.25) is 0 Å². The molecule has 0 radical (unpaired) electrons. The van der Waals surface area contributed by atoms with Crippen LogP contribution in [0.4, 0.5) is 5.69 Å². The summed E-state index contributed by atoms with van der Waals surface area (Å²) < 4.78 is 2.14. The van der Waals surface area contributed by atoms with E-state index in [1.807, 2.05) is 55.5 Å². The third-order valence-corrected chi connectivity index (χ3v) is 6.28. The number of aromatic nitrogens is 1. The van der Waals surface area contributed by atoms with Gasteiger partial charge in [-0.15, -0.1) is 0 Å². The molecule has 5 heteroatoms. The van der Waals surface area contributed by atoms with Crippen LogP contribution in [0.1, 0.15) is 48.2 Å². The molecule has 1 fully saturated rings. The summed E-state index contributed by atoms with van der Waals surface area (Å²) in [6, 6.07) is 18.2. The van der Waals surface area contributed by atoms with Gasteiger partial charge in [-0.25, -0.2) is 0 Å². The number of anilines is 1. The Morgan fingerprint density at radius 3 is 2.48 bits per heavy atom. The van der Waals surface area contributed by atoms with Crippen LogP contribution >= 0.6 is 11.6 Å². The largest absolute Gasteiger partial charge is 0.344 e. The van der Waals surface area contributed by atoms with Crippen LogP contribution < -0.4 is 10.7 Å². The van der Waals surface area contributed by atoms with E-state index in [-0.39, 0.29) is 11.0 Å². The van der Waals surface area contributed by atoms with Gasteiger partial charge in [-0.2, -0.15) is 0 Å². The molecule has 1 N–H and O–H groups in total. The molecular formula is C26H27ClN2O2. The Labute approximate surface area is 187 Å². The van der Waals surface area contributed by atoms with Crippen molar-refractivity contribution in [3.8, 4) is 11.3 Å². The SMILES string of the molecule is Cc1cc(=O)c(C(=O)Nc2ccccc2)c(-c2cccc(Cl)c2)n1CC1CCCCC1. The molecule has 0 saturated heterocycles. The van der Waals surface area contributed by atoms with E-state index >= 15 is 0 Å². The first-order valence-corrected chi connectivity index (χ1v) is 11.3. The van der Waals surface area contributed by atoms with Crippen LogP contribution in [0.5, 0.6) is 0 Å². The van der Waals surface area contributed by atoms with Crippen LogP contribution in [0, 0.1) is 12.8 Å². The molecule has 3 aromatic rings. The van der Waals surface area contributed by atoms with Gasteiger partial charge in [-0.3, -0.25) is 9.59 Å². The fourth-order valence-electron chi connectivity index (χ4n) is 4.50. The second kappa shape index (κ2) is 9.52. The predicted octanol–water partition coefficient (Wildman–Crippen LogP) is 6.31. The summed E-state index contributed by atoms with van der Waals surface area (Å²) in [6.45, 7) is 2.73. The third kappa shape index (κ3) is 4.91. The number of halogens is 1. The Balaban J connectivity index is 1.85. The van der Waals surface area contributed by atoms with Crippen LogP contribution in [0.2, 0.25) is 5.02 Å². The Morgan fingerprint density at radius 1 is 1.03 bits per heavy atom. The number of rotatable bonds is 5. The highest BCUT2D eigenvalue weighted by Gasteiger charge is 2.24. The lowest BCUT2D eigenvalue weighted by atomic mass is 9.88. The maximum absolute atomic E-state index is 13.3. The average Bonchev–Trinajstić information content (AvgIpc) is 2.76. The van der Waals surface area contributed by atoms with Gasteiger partial charge in [0.15, 0.2) is 5.43 Å². The van der Waals surface area contributed by atoms with Crippen LogP contribution in [-0.4, -0.2) is 10.5 Å². The lowest BCUT2D eigenvalue weighted by Gasteiger charge is -2.27. The molecular weight excluding hydrogens is 408 g/mol. The van der Waals surface area contributed by atoms with Crippen molar-refractivity contribution in [3.63, 3.8) is 0 Å². The molecule has 0 atom stereocenters. The molecule has 4 nitrogen and oxygen atoms in total. The average molecular weight is 435 g/mol. The minimum Gasteiger partial charge on any atom is -0.344 e. The van der Waals surface area contributed by atoms with E-state index in [9.17, 15) is 9.59 Å². The topological polar surface area (TPSA) is 51.1 Å². The van der Waals surface area contributed by atoms with Gasteiger partial charge in [-0.05, 0) is 49.9 Å². The Morgan fingerprint density at radius 2 is 1.77 bits per heavy atom. The van der Waals surface area contributed by atoms with Crippen LogP contribution in [0.25, 0.3) is 11.3 Å². The summed E-state index contributed by atoms with van der Waals surface area (Å²) in [4.78, 5) is 26.4. The monoisotopic (exact) mass is 434 g/mol. The third-order valence-electron chi connectivity index (χ3n) is 6.04. The van der Waals surface area contributed by atoms with Gasteiger partial charge in [0, 0.05) is 34.6 Å². The predicted molar refractivity (Wildman–Crippen MR) is 127 cm³/mol. The number of nitrogens with one attached hydrogen (secondary N) is 1. The van der Waals surface area contributed by atoms with Crippen LogP contribution in [-0.2, 0) is 6.54 Å². The van der Waals surface area contributed by atoms with Crippen molar-refractivity contribution < 1.29 is 4.79 Å². The summed E-state index contributed by atoms with van der Waals surface area (Å²) >= 11 is 6.29. The van der Waals surface area contributed by atoms with E-state index < -0.39 is 5.91 Å². The zero-order chi connectivity index (χ0) is 21.8. The van der Waals surface area contributed by atoms with E-state index in [1.54, 1.807) is 12.1 Å². The Kier molecular flexibility index (Phi) is 6.57. The number of benzene rings is 2. The number of aryl methyl sites for hydroxylation is 1. The van der Waals surface area contributed by atoms with Crippen molar-refractivity contribution in [2.24, 2.45) is 5.92 Å². The number of carbonyl (C=O) groups is 1. The van der Waals surface area contributed by atoms with Crippen molar-refractivity contribution in [2.75, 3.05) is 5.32 Å². The van der Waals surface area contributed by atoms with E-state index in [2.05, 4.69) is 9.88 Å². The molecule has 0 spiro atoms. The lowest BCUT2D eigenvalue weighted by Crippen LogP contribution is -2.28. The molecule has 31 heavy (non-hydrogen) atoms. The molecule has 0 unspecified atom stereocenters. The van der Waals surface area contributed by atoms with Gasteiger partial charge >= 0.3 is 0 Å². The summed E-state index contributed by atoms with van der Waals surface area (Å²) in [6.07, 6.45) is 6.10. The van der Waals surface area contributed by atoms with Gasteiger partial charge in [0.05, 0.1) is 5.69 Å². The molecule has 1 aromatic heterocycles. The number of para-hydroxylation sites is 1. The standard InChI is InChI=1S/C26H27ClN2O2/c1-18-15-23(30)24(26(31)28-22-13-6-3-7-14-22)25(20-11-8-12-21(27)16-20)29(18)17-19-9-4-2-5-10-19/h3,6-8,11-16,19H,2,4-5,9-10,17H2,1H3,(H,28,31). The molecule has 2 aromatic carbocycles. The number of hydrogen-bond acceptors (Lipinski definition) is 2. The number of pyridine rings is 1. The fraction of sp³-hybridized carbons (Fsp3) is 0.308.